The molecule has 0 spiro atoms. The molecule has 0 aromatic carbocycles. The minimum Gasteiger partial charge on any atom is -0.318 e. The average Bonchev–Trinajstić information content (AvgIpc) is 2.26. The smallest absolute Gasteiger partial charge is 0.0318 e. The number of nitrogens with zero attached hydrogens (tertiary/aromatic N) is 2. The molecule has 0 saturated carbocycles. The van der Waals surface area contributed by atoms with Crippen LogP contribution in [-0.2, 0) is 0 Å². The van der Waals surface area contributed by atoms with E-state index in [1.54, 1.807) is 0 Å². The van der Waals surface area contributed by atoms with Crippen LogP contribution in [0, 0.1) is 0 Å². The standard InChI is InChI=1S/C11H19N3/c1-10(14(3)9-8-12-2)11-4-6-13-7-5-11/h4-7,10,12H,8-9H2,1-3H3. The van der Waals surface area contributed by atoms with Crippen LogP contribution in [0.25, 0.3) is 0 Å². The van der Waals surface area contributed by atoms with Crippen LogP contribution in [0.5, 0.6) is 0 Å². The third kappa shape index (κ3) is 3.09. The van der Waals surface area contributed by atoms with E-state index in [1.165, 1.54) is 5.56 Å². The number of pyridine rings is 1. The van der Waals surface area contributed by atoms with Crippen molar-refractivity contribution in [2.75, 3.05) is 27.2 Å². The van der Waals surface area contributed by atoms with Gasteiger partial charge in [-0.15, -0.1) is 0 Å². The first kappa shape index (κ1) is 11.1. The van der Waals surface area contributed by atoms with Gasteiger partial charge in [0.15, 0.2) is 0 Å². The molecule has 0 saturated heterocycles. The third-order valence-corrected chi connectivity index (χ3v) is 2.56. The van der Waals surface area contributed by atoms with Crippen LogP contribution in [0.3, 0.4) is 0 Å². The summed E-state index contributed by atoms with van der Waals surface area (Å²) < 4.78 is 0. The van der Waals surface area contributed by atoms with Crippen molar-refractivity contribution in [3.8, 4) is 0 Å². The van der Waals surface area contributed by atoms with Crippen molar-refractivity contribution < 1.29 is 0 Å². The van der Waals surface area contributed by atoms with Crippen LogP contribution in [0.2, 0.25) is 0 Å². The maximum atomic E-state index is 4.02. The molecule has 1 heterocycles. The molecule has 3 heteroatoms. The Morgan fingerprint density at radius 2 is 2.07 bits per heavy atom. The molecule has 1 unspecified atom stereocenters. The van der Waals surface area contributed by atoms with Crippen LogP contribution < -0.4 is 5.32 Å². The molecule has 0 aliphatic rings. The number of hydrogen-bond donors (Lipinski definition) is 1. The second-order valence-electron chi connectivity index (χ2n) is 3.54. The Morgan fingerprint density at radius 1 is 1.43 bits per heavy atom. The van der Waals surface area contributed by atoms with Gasteiger partial charge in [0.05, 0.1) is 0 Å². The maximum Gasteiger partial charge on any atom is 0.0318 e. The van der Waals surface area contributed by atoms with Crippen molar-refractivity contribution in [3.05, 3.63) is 30.1 Å². The second-order valence-corrected chi connectivity index (χ2v) is 3.54. The number of hydrogen-bond acceptors (Lipinski definition) is 3. The molecule has 14 heavy (non-hydrogen) atoms. The molecule has 78 valence electrons. The minimum atomic E-state index is 0.450. The highest BCUT2D eigenvalue weighted by Gasteiger charge is 2.09. The number of rotatable bonds is 5. The molecule has 3 nitrogen and oxygen atoms in total. The van der Waals surface area contributed by atoms with Crippen molar-refractivity contribution in [2.24, 2.45) is 0 Å². The molecule has 1 rings (SSSR count). The van der Waals surface area contributed by atoms with Gasteiger partial charge in [0, 0.05) is 31.5 Å². The summed E-state index contributed by atoms with van der Waals surface area (Å²) in [5.74, 6) is 0. The zero-order valence-electron chi connectivity index (χ0n) is 9.20. The van der Waals surface area contributed by atoms with Gasteiger partial charge in [0.2, 0.25) is 0 Å². The largest absolute Gasteiger partial charge is 0.318 e. The summed E-state index contributed by atoms with van der Waals surface area (Å²) in [4.78, 5) is 6.34. The normalized spacial score (nSPS) is 13.1. The minimum absolute atomic E-state index is 0.450. The zero-order chi connectivity index (χ0) is 10.4. The Morgan fingerprint density at radius 3 is 2.64 bits per heavy atom. The van der Waals surface area contributed by atoms with Gasteiger partial charge in [-0.1, -0.05) is 0 Å². The molecule has 0 bridgehead atoms. The number of aromatic nitrogens is 1. The second kappa shape index (κ2) is 5.73. The first-order chi connectivity index (χ1) is 6.75. The van der Waals surface area contributed by atoms with E-state index in [9.17, 15) is 0 Å². The predicted octanol–water partition coefficient (Wildman–Crippen LogP) is 1.29. The van der Waals surface area contributed by atoms with Gasteiger partial charge in [-0.2, -0.15) is 0 Å². The summed E-state index contributed by atoms with van der Waals surface area (Å²) in [6, 6.07) is 4.59. The van der Waals surface area contributed by atoms with Crippen molar-refractivity contribution in [1.82, 2.24) is 15.2 Å². The van der Waals surface area contributed by atoms with E-state index in [-0.39, 0.29) is 0 Å². The molecular weight excluding hydrogens is 174 g/mol. The van der Waals surface area contributed by atoms with Gasteiger partial charge in [0.1, 0.15) is 0 Å². The lowest BCUT2D eigenvalue weighted by molar-refractivity contribution is 0.263. The van der Waals surface area contributed by atoms with Crippen LogP contribution >= 0.6 is 0 Å². The van der Waals surface area contributed by atoms with E-state index in [0.717, 1.165) is 13.1 Å². The average molecular weight is 193 g/mol. The van der Waals surface area contributed by atoms with Gasteiger partial charge < -0.3 is 5.32 Å². The first-order valence-corrected chi connectivity index (χ1v) is 5.00. The lowest BCUT2D eigenvalue weighted by atomic mass is 10.1. The van der Waals surface area contributed by atoms with Crippen molar-refractivity contribution in [1.29, 1.82) is 0 Å². The molecular formula is C11H19N3. The van der Waals surface area contributed by atoms with E-state index in [4.69, 9.17) is 0 Å². The van der Waals surface area contributed by atoms with Gasteiger partial charge in [-0.25, -0.2) is 0 Å². The van der Waals surface area contributed by atoms with Crippen molar-refractivity contribution in [3.63, 3.8) is 0 Å². The summed E-state index contributed by atoms with van der Waals surface area (Å²) >= 11 is 0. The van der Waals surface area contributed by atoms with Gasteiger partial charge in [-0.05, 0) is 38.7 Å². The molecule has 1 aromatic heterocycles. The SMILES string of the molecule is CNCCN(C)C(C)c1ccncc1. The molecule has 0 amide bonds. The molecule has 0 radical (unpaired) electrons. The maximum absolute atomic E-state index is 4.02. The van der Waals surface area contributed by atoms with Gasteiger partial charge in [0.25, 0.3) is 0 Å². The number of likely N-dealkylation sites (N-methyl/N-ethyl adjacent to an activating group) is 2. The highest BCUT2D eigenvalue weighted by molar-refractivity contribution is 5.13. The van der Waals surface area contributed by atoms with Crippen LogP contribution in [0.15, 0.2) is 24.5 Å². The summed E-state index contributed by atoms with van der Waals surface area (Å²) in [5.41, 5.74) is 1.32. The van der Waals surface area contributed by atoms with E-state index in [2.05, 4.69) is 41.3 Å². The van der Waals surface area contributed by atoms with Crippen molar-refractivity contribution >= 4 is 0 Å². The predicted molar refractivity (Wildman–Crippen MR) is 59.2 cm³/mol. The molecule has 0 aliphatic carbocycles. The fourth-order valence-electron chi connectivity index (χ4n) is 1.38. The first-order valence-electron chi connectivity index (χ1n) is 5.00. The summed E-state index contributed by atoms with van der Waals surface area (Å²) in [6.07, 6.45) is 3.69. The van der Waals surface area contributed by atoms with Crippen LogP contribution in [-0.4, -0.2) is 37.1 Å². The lowest BCUT2D eigenvalue weighted by Gasteiger charge is -2.24. The molecule has 1 N–H and O–H groups in total. The van der Waals surface area contributed by atoms with E-state index in [0.29, 0.717) is 6.04 Å². The highest BCUT2D eigenvalue weighted by atomic mass is 15.1. The molecule has 1 aromatic rings. The van der Waals surface area contributed by atoms with E-state index in [1.807, 2.05) is 19.4 Å². The topological polar surface area (TPSA) is 28.2 Å². The van der Waals surface area contributed by atoms with E-state index >= 15 is 0 Å². The van der Waals surface area contributed by atoms with Crippen molar-refractivity contribution in [2.45, 2.75) is 13.0 Å². The Bertz CT molecular complexity index is 248. The Kier molecular flexibility index (Phi) is 4.56. The monoisotopic (exact) mass is 193 g/mol. The highest BCUT2D eigenvalue weighted by Crippen LogP contribution is 2.16. The third-order valence-electron chi connectivity index (χ3n) is 2.56. The van der Waals surface area contributed by atoms with Gasteiger partial charge >= 0.3 is 0 Å². The molecule has 0 fully saturated rings. The summed E-state index contributed by atoms with van der Waals surface area (Å²) in [5, 5.41) is 3.15. The zero-order valence-corrected chi connectivity index (χ0v) is 9.20. The van der Waals surface area contributed by atoms with Gasteiger partial charge in [-0.3, -0.25) is 9.88 Å². The van der Waals surface area contributed by atoms with Crippen LogP contribution in [0.1, 0.15) is 18.5 Å². The fraction of sp³-hybridized carbons (Fsp3) is 0.545. The van der Waals surface area contributed by atoms with E-state index < -0.39 is 0 Å². The van der Waals surface area contributed by atoms with Crippen LogP contribution in [0.4, 0.5) is 0 Å². The Balaban J connectivity index is 2.52. The lowest BCUT2D eigenvalue weighted by Crippen LogP contribution is -2.29. The Hall–Kier alpha value is -0.930. The Labute approximate surface area is 86.2 Å². The molecule has 0 aliphatic heterocycles. The number of nitrogens with one attached hydrogen (secondary N) is 1. The fourth-order valence-corrected chi connectivity index (χ4v) is 1.38. The quantitative estimate of drug-likeness (QED) is 0.764. The summed E-state index contributed by atoms with van der Waals surface area (Å²) in [7, 11) is 4.12. The summed E-state index contributed by atoms with van der Waals surface area (Å²) in [6.45, 7) is 4.29. The molecule has 1 atom stereocenters.